The van der Waals surface area contributed by atoms with Crippen LogP contribution in [-0.2, 0) is 0 Å². The van der Waals surface area contributed by atoms with Gasteiger partial charge in [0.25, 0.3) is 0 Å². The molecule has 0 bridgehead atoms. The largest absolute Gasteiger partial charge is 0.338 e. The maximum absolute atomic E-state index is 11.3. The molecule has 5 nitrogen and oxygen atoms in total. The molecule has 0 aromatic heterocycles. The van der Waals surface area contributed by atoms with Gasteiger partial charge >= 0.3 is 12.1 Å². The lowest BCUT2D eigenvalue weighted by molar-refractivity contribution is 0.233. The van der Waals surface area contributed by atoms with Crippen molar-refractivity contribution in [3.63, 3.8) is 0 Å². The molecule has 0 spiro atoms. The summed E-state index contributed by atoms with van der Waals surface area (Å²) >= 11 is 0. The van der Waals surface area contributed by atoms with Gasteiger partial charge in [0.05, 0.1) is 0 Å². The number of hydrogen-bond acceptors (Lipinski definition) is 2. The second-order valence-electron chi connectivity index (χ2n) is 3.20. The molecular formula is C11H15N3O2. The SMILES string of the molecule is CCCNC(=O)NC(=O)Nc1ccccc1. The van der Waals surface area contributed by atoms with Crippen LogP contribution in [0.2, 0.25) is 0 Å². The van der Waals surface area contributed by atoms with E-state index in [2.05, 4.69) is 16.0 Å². The number of nitrogens with one attached hydrogen (secondary N) is 3. The number of imide groups is 1. The third kappa shape index (κ3) is 4.45. The fourth-order valence-corrected chi connectivity index (χ4v) is 1.07. The van der Waals surface area contributed by atoms with Gasteiger partial charge in [0.1, 0.15) is 0 Å². The Bertz CT molecular complexity index is 352. The van der Waals surface area contributed by atoms with Gasteiger partial charge in [-0.25, -0.2) is 9.59 Å². The zero-order valence-electron chi connectivity index (χ0n) is 9.12. The number of anilines is 1. The second-order valence-corrected chi connectivity index (χ2v) is 3.20. The molecule has 4 amide bonds. The van der Waals surface area contributed by atoms with Crippen LogP contribution in [0.25, 0.3) is 0 Å². The number of rotatable bonds is 3. The van der Waals surface area contributed by atoms with E-state index in [1.54, 1.807) is 24.3 Å². The molecular weight excluding hydrogens is 206 g/mol. The summed E-state index contributed by atoms with van der Waals surface area (Å²) in [5.74, 6) is 0. The molecule has 1 aromatic rings. The highest BCUT2D eigenvalue weighted by atomic mass is 16.2. The minimum absolute atomic E-state index is 0.490. The van der Waals surface area contributed by atoms with Crippen molar-refractivity contribution in [3.05, 3.63) is 30.3 Å². The monoisotopic (exact) mass is 221 g/mol. The van der Waals surface area contributed by atoms with Crippen molar-refractivity contribution < 1.29 is 9.59 Å². The molecule has 0 saturated heterocycles. The molecule has 5 heteroatoms. The third-order valence-corrected chi connectivity index (χ3v) is 1.79. The first-order valence-electron chi connectivity index (χ1n) is 5.13. The second kappa shape index (κ2) is 6.44. The highest BCUT2D eigenvalue weighted by Gasteiger charge is 2.05. The minimum Gasteiger partial charge on any atom is -0.338 e. The molecule has 16 heavy (non-hydrogen) atoms. The van der Waals surface area contributed by atoms with E-state index in [9.17, 15) is 9.59 Å². The normalized spacial score (nSPS) is 9.31. The molecule has 0 aliphatic heterocycles. The van der Waals surface area contributed by atoms with Gasteiger partial charge in [0.2, 0.25) is 0 Å². The first kappa shape index (κ1) is 12.0. The van der Waals surface area contributed by atoms with Crippen molar-refractivity contribution in [2.75, 3.05) is 11.9 Å². The van der Waals surface area contributed by atoms with Gasteiger partial charge in [-0.2, -0.15) is 0 Å². The van der Waals surface area contributed by atoms with E-state index < -0.39 is 12.1 Å². The van der Waals surface area contributed by atoms with Crippen LogP contribution >= 0.6 is 0 Å². The van der Waals surface area contributed by atoms with E-state index in [4.69, 9.17) is 0 Å². The molecule has 0 radical (unpaired) electrons. The van der Waals surface area contributed by atoms with E-state index in [0.717, 1.165) is 6.42 Å². The predicted octanol–water partition coefficient (Wildman–Crippen LogP) is 1.93. The standard InChI is InChI=1S/C11H15N3O2/c1-2-8-12-10(15)14-11(16)13-9-6-4-3-5-7-9/h3-7H,2,8H2,1H3,(H3,12,13,14,15,16). The van der Waals surface area contributed by atoms with E-state index in [-0.39, 0.29) is 0 Å². The lowest BCUT2D eigenvalue weighted by Crippen LogP contribution is -2.41. The molecule has 1 aromatic carbocycles. The Morgan fingerprint density at radius 3 is 2.44 bits per heavy atom. The molecule has 0 heterocycles. The molecule has 0 fully saturated rings. The average Bonchev–Trinajstić information content (AvgIpc) is 2.27. The summed E-state index contributed by atoms with van der Waals surface area (Å²) in [7, 11) is 0. The zero-order valence-corrected chi connectivity index (χ0v) is 9.12. The van der Waals surface area contributed by atoms with E-state index in [0.29, 0.717) is 12.2 Å². The molecule has 0 aliphatic rings. The van der Waals surface area contributed by atoms with E-state index in [1.807, 2.05) is 13.0 Å². The fraction of sp³-hybridized carbons (Fsp3) is 0.273. The molecule has 3 N–H and O–H groups in total. The zero-order chi connectivity index (χ0) is 11.8. The minimum atomic E-state index is -0.542. The summed E-state index contributed by atoms with van der Waals surface area (Å²) < 4.78 is 0. The van der Waals surface area contributed by atoms with Crippen LogP contribution in [-0.4, -0.2) is 18.6 Å². The maximum atomic E-state index is 11.3. The van der Waals surface area contributed by atoms with Gasteiger partial charge < -0.3 is 10.6 Å². The van der Waals surface area contributed by atoms with Crippen molar-refractivity contribution in [1.82, 2.24) is 10.6 Å². The molecule has 86 valence electrons. The number of benzene rings is 1. The molecule has 0 atom stereocenters. The van der Waals surface area contributed by atoms with Crippen LogP contribution in [0.4, 0.5) is 15.3 Å². The predicted molar refractivity (Wildman–Crippen MR) is 62.3 cm³/mol. The molecule has 1 rings (SSSR count). The Balaban J connectivity index is 2.34. The maximum Gasteiger partial charge on any atom is 0.327 e. The van der Waals surface area contributed by atoms with Crippen molar-refractivity contribution in [2.24, 2.45) is 0 Å². The molecule has 0 unspecified atom stereocenters. The van der Waals surface area contributed by atoms with Crippen molar-refractivity contribution >= 4 is 17.7 Å². The number of carbonyl (C=O) groups excluding carboxylic acids is 2. The summed E-state index contributed by atoms with van der Waals surface area (Å²) in [6.07, 6.45) is 0.827. The topological polar surface area (TPSA) is 70.2 Å². The van der Waals surface area contributed by atoms with Crippen LogP contribution < -0.4 is 16.0 Å². The number of carbonyl (C=O) groups is 2. The van der Waals surface area contributed by atoms with Crippen molar-refractivity contribution in [3.8, 4) is 0 Å². The first-order chi connectivity index (χ1) is 7.72. The third-order valence-electron chi connectivity index (χ3n) is 1.79. The lowest BCUT2D eigenvalue weighted by Gasteiger charge is -2.07. The Kier molecular flexibility index (Phi) is 4.85. The quantitative estimate of drug-likeness (QED) is 0.729. The molecule has 0 aliphatic carbocycles. The van der Waals surface area contributed by atoms with E-state index in [1.165, 1.54) is 0 Å². The highest BCUT2D eigenvalue weighted by molar-refractivity contribution is 6.00. The first-order valence-corrected chi connectivity index (χ1v) is 5.13. The summed E-state index contributed by atoms with van der Waals surface area (Å²) in [6, 6.07) is 7.89. The van der Waals surface area contributed by atoms with Crippen molar-refractivity contribution in [2.45, 2.75) is 13.3 Å². The van der Waals surface area contributed by atoms with E-state index >= 15 is 0 Å². The summed E-state index contributed by atoms with van der Waals surface area (Å²) in [6.45, 7) is 2.48. The number of para-hydroxylation sites is 1. The number of urea groups is 2. The van der Waals surface area contributed by atoms with Gasteiger partial charge in [0, 0.05) is 12.2 Å². The Hall–Kier alpha value is -2.04. The fourth-order valence-electron chi connectivity index (χ4n) is 1.07. The Morgan fingerprint density at radius 1 is 1.12 bits per heavy atom. The summed E-state index contributed by atoms with van der Waals surface area (Å²) in [5, 5.41) is 7.24. The number of amides is 4. The smallest absolute Gasteiger partial charge is 0.327 e. The van der Waals surface area contributed by atoms with Gasteiger partial charge in [0.15, 0.2) is 0 Å². The Labute approximate surface area is 94.2 Å². The molecule has 0 saturated carbocycles. The van der Waals surface area contributed by atoms with Crippen LogP contribution in [0.1, 0.15) is 13.3 Å². The van der Waals surface area contributed by atoms with Crippen LogP contribution in [0, 0.1) is 0 Å². The average molecular weight is 221 g/mol. The summed E-state index contributed by atoms with van der Waals surface area (Å²) in [4.78, 5) is 22.4. The van der Waals surface area contributed by atoms with Crippen LogP contribution in [0.5, 0.6) is 0 Å². The van der Waals surface area contributed by atoms with Gasteiger partial charge in [-0.05, 0) is 18.6 Å². The Morgan fingerprint density at radius 2 is 1.81 bits per heavy atom. The lowest BCUT2D eigenvalue weighted by atomic mass is 10.3. The van der Waals surface area contributed by atoms with Crippen LogP contribution in [0.15, 0.2) is 30.3 Å². The van der Waals surface area contributed by atoms with Gasteiger partial charge in [-0.1, -0.05) is 25.1 Å². The van der Waals surface area contributed by atoms with Crippen LogP contribution in [0.3, 0.4) is 0 Å². The summed E-state index contributed by atoms with van der Waals surface area (Å²) in [5.41, 5.74) is 0.642. The highest BCUT2D eigenvalue weighted by Crippen LogP contribution is 2.03. The van der Waals surface area contributed by atoms with Gasteiger partial charge in [-0.15, -0.1) is 0 Å². The van der Waals surface area contributed by atoms with Crippen molar-refractivity contribution in [1.29, 1.82) is 0 Å². The number of hydrogen-bond donors (Lipinski definition) is 3. The van der Waals surface area contributed by atoms with Gasteiger partial charge in [-0.3, -0.25) is 5.32 Å².